The maximum absolute atomic E-state index is 14.5. The lowest BCUT2D eigenvalue weighted by molar-refractivity contribution is -0.143. The molecule has 47 heavy (non-hydrogen) atoms. The molecular formula is C37H45FN2O7. The van der Waals surface area contributed by atoms with Gasteiger partial charge in [-0.1, -0.05) is 44.9 Å². The molecule has 0 bridgehead atoms. The van der Waals surface area contributed by atoms with Crippen molar-refractivity contribution in [3.63, 3.8) is 0 Å². The SMILES string of the molecule is CCCC(CCC)N(C(=O)CN1C[C@H](c2cc(OC)c3c(c2)OCO3)C(C(=O)O)[C@@H]1Cc1ccccc1OC)c1ccc(F)c(C)c1. The average molecular weight is 649 g/mol. The van der Waals surface area contributed by atoms with Crippen LogP contribution in [-0.4, -0.2) is 68.1 Å². The van der Waals surface area contributed by atoms with E-state index < -0.39 is 23.8 Å². The lowest BCUT2D eigenvalue weighted by atomic mass is 9.83. The van der Waals surface area contributed by atoms with Crippen LogP contribution in [0.2, 0.25) is 0 Å². The summed E-state index contributed by atoms with van der Waals surface area (Å²) in [6.45, 7) is 6.23. The van der Waals surface area contributed by atoms with Gasteiger partial charge in [0.1, 0.15) is 11.6 Å². The molecule has 10 heteroatoms. The molecular weight excluding hydrogens is 603 g/mol. The summed E-state index contributed by atoms with van der Waals surface area (Å²) in [7, 11) is 3.13. The predicted molar refractivity (Wildman–Crippen MR) is 177 cm³/mol. The Morgan fingerprint density at radius 3 is 2.40 bits per heavy atom. The summed E-state index contributed by atoms with van der Waals surface area (Å²) >= 11 is 0. The Balaban J connectivity index is 1.57. The second kappa shape index (κ2) is 15.1. The second-order valence-electron chi connectivity index (χ2n) is 12.4. The van der Waals surface area contributed by atoms with Gasteiger partial charge in [0, 0.05) is 30.2 Å². The minimum atomic E-state index is -0.956. The third-order valence-corrected chi connectivity index (χ3v) is 9.40. The zero-order chi connectivity index (χ0) is 33.7. The van der Waals surface area contributed by atoms with Gasteiger partial charge in [0.25, 0.3) is 0 Å². The minimum absolute atomic E-state index is 0.0118. The number of aliphatic carboxylic acids is 1. The van der Waals surface area contributed by atoms with Gasteiger partial charge in [-0.15, -0.1) is 0 Å². The Morgan fingerprint density at radius 1 is 1.02 bits per heavy atom. The highest BCUT2D eigenvalue weighted by atomic mass is 19.1. The fourth-order valence-electron chi connectivity index (χ4n) is 7.20. The molecule has 1 N–H and O–H groups in total. The highest BCUT2D eigenvalue weighted by Gasteiger charge is 2.48. The van der Waals surface area contributed by atoms with Gasteiger partial charge in [-0.3, -0.25) is 14.5 Å². The van der Waals surface area contributed by atoms with Gasteiger partial charge in [-0.25, -0.2) is 4.39 Å². The smallest absolute Gasteiger partial charge is 0.308 e. The van der Waals surface area contributed by atoms with Gasteiger partial charge in [-0.05, 0) is 79.3 Å². The summed E-state index contributed by atoms with van der Waals surface area (Å²) in [6, 6.07) is 15.4. The van der Waals surface area contributed by atoms with Gasteiger partial charge < -0.3 is 29.0 Å². The number of nitrogens with zero attached hydrogens (tertiary/aromatic N) is 2. The molecule has 1 amide bonds. The number of likely N-dealkylation sites (tertiary alicyclic amines) is 1. The normalized spacial score (nSPS) is 18.8. The number of aryl methyl sites for hydroxylation is 1. The summed E-state index contributed by atoms with van der Waals surface area (Å²) in [5.41, 5.74) is 2.70. The zero-order valence-corrected chi connectivity index (χ0v) is 27.8. The van der Waals surface area contributed by atoms with Crippen LogP contribution in [-0.2, 0) is 16.0 Å². The van der Waals surface area contributed by atoms with E-state index in [1.54, 1.807) is 26.2 Å². The van der Waals surface area contributed by atoms with Crippen molar-refractivity contribution < 1.29 is 38.0 Å². The van der Waals surface area contributed by atoms with Gasteiger partial charge >= 0.3 is 5.97 Å². The van der Waals surface area contributed by atoms with E-state index in [0.717, 1.165) is 36.8 Å². The average Bonchev–Trinajstić information content (AvgIpc) is 3.68. The Bertz CT molecular complexity index is 1570. The van der Waals surface area contributed by atoms with Crippen LogP contribution in [0, 0.1) is 18.7 Å². The highest BCUT2D eigenvalue weighted by molar-refractivity contribution is 5.95. The standard InChI is InChI=1S/C37H45FN2O7/c1-6-10-26(11-7-2)40(27-14-15-29(38)23(3)16-27)34(41)21-39-20-28(25-18-32(45-5)36-33(19-25)46-22-47-36)35(37(42)43)30(39)17-24-12-8-9-13-31(24)44-4/h8-9,12-16,18-19,26,28,30,35H,6-7,10-11,17,20-22H2,1-5H3,(H,42,43)/t28-,30+,35?/m1/s1. The van der Waals surface area contributed by atoms with Crippen LogP contribution < -0.4 is 23.8 Å². The van der Waals surface area contributed by atoms with Gasteiger partial charge in [0.2, 0.25) is 18.4 Å². The van der Waals surface area contributed by atoms with E-state index in [1.807, 2.05) is 46.2 Å². The maximum Gasteiger partial charge on any atom is 0.308 e. The first-order chi connectivity index (χ1) is 22.7. The number of fused-ring (bicyclic) bond motifs is 1. The number of methoxy groups -OCH3 is 2. The number of ether oxygens (including phenoxy) is 4. The molecule has 0 spiro atoms. The molecule has 2 heterocycles. The molecule has 252 valence electrons. The van der Waals surface area contributed by atoms with Crippen molar-refractivity contribution in [2.75, 3.05) is 39.0 Å². The highest BCUT2D eigenvalue weighted by Crippen LogP contribution is 2.47. The molecule has 3 atom stereocenters. The fraction of sp³-hybridized carbons (Fsp3) is 0.459. The van der Waals surface area contributed by atoms with E-state index in [9.17, 15) is 19.1 Å². The number of carbonyl (C=O) groups excluding carboxylic acids is 1. The Hall–Kier alpha value is -4.31. The molecule has 2 aliphatic rings. The number of carboxylic acids is 1. The molecule has 1 fully saturated rings. The summed E-state index contributed by atoms with van der Waals surface area (Å²) in [5, 5.41) is 10.8. The zero-order valence-electron chi connectivity index (χ0n) is 27.8. The third kappa shape index (κ3) is 7.17. The molecule has 3 aromatic rings. The predicted octanol–water partition coefficient (Wildman–Crippen LogP) is 6.59. The first kappa shape index (κ1) is 34.0. The number of carboxylic acid groups (broad SMARTS) is 1. The van der Waals surface area contributed by atoms with E-state index in [-0.39, 0.29) is 31.1 Å². The molecule has 0 aromatic heterocycles. The summed E-state index contributed by atoms with van der Waals surface area (Å²) in [5.74, 6) is -0.663. The van der Waals surface area contributed by atoms with E-state index in [2.05, 4.69) is 13.8 Å². The quantitative estimate of drug-likeness (QED) is 0.209. The van der Waals surface area contributed by atoms with Gasteiger partial charge in [-0.2, -0.15) is 0 Å². The van der Waals surface area contributed by atoms with E-state index in [4.69, 9.17) is 18.9 Å². The van der Waals surface area contributed by atoms with Crippen molar-refractivity contribution >= 4 is 17.6 Å². The summed E-state index contributed by atoms with van der Waals surface area (Å²) < 4.78 is 36.9. The van der Waals surface area contributed by atoms with Gasteiger partial charge in [0.15, 0.2) is 11.5 Å². The number of benzene rings is 3. The van der Waals surface area contributed by atoms with Crippen molar-refractivity contribution in [3.05, 3.63) is 77.1 Å². The van der Waals surface area contributed by atoms with Crippen molar-refractivity contribution in [3.8, 4) is 23.0 Å². The number of rotatable bonds is 14. The van der Waals surface area contributed by atoms with Crippen molar-refractivity contribution in [2.45, 2.75) is 70.9 Å². The molecule has 0 aliphatic carbocycles. The molecule has 0 saturated carbocycles. The first-order valence-corrected chi connectivity index (χ1v) is 16.3. The first-order valence-electron chi connectivity index (χ1n) is 16.3. The van der Waals surface area contributed by atoms with Crippen LogP contribution in [0.25, 0.3) is 0 Å². The van der Waals surface area contributed by atoms with Crippen LogP contribution in [0.5, 0.6) is 23.0 Å². The van der Waals surface area contributed by atoms with Crippen LogP contribution >= 0.6 is 0 Å². The minimum Gasteiger partial charge on any atom is -0.496 e. The van der Waals surface area contributed by atoms with Crippen molar-refractivity contribution in [1.82, 2.24) is 4.90 Å². The van der Waals surface area contributed by atoms with Gasteiger partial charge in [0.05, 0.1) is 26.7 Å². The molecule has 1 unspecified atom stereocenters. The topological polar surface area (TPSA) is 97.8 Å². The maximum atomic E-state index is 14.5. The summed E-state index contributed by atoms with van der Waals surface area (Å²) in [4.78, 5) is 31.5. The number of anilines is 1. The molecule has 1 saturated heterocycles. The lowest BCUT2D eigenvalue weighted by Crippen LogP contribution is -2.48. The third-order valence-electron chi connectivity index (χ3n) is 9.40. The number of amides is 1. The number of hydrogen-bond acceptors (Lipinski definition) is 7. The molecule has 2 aliphatic heterocycles. The molecule has 5 rings (SSSR count). The van der Waals surface area contributed by atoms with Crippen LogP contribution in [0.1, 0.15) is 62.1 Å². The molecule has 0 radical (unpaired) electrons. The number of carbonyl (C=O) groups is 2. The van der Waals surface area contributed by atoms with E-state index in [1.165, 1.54) is 13.2 Å². The summed E-state index contributed by atoms with van der Waals surface area (Å²) in [6.07, 6.45) is 3.69. The number of para-hydroxylation sites is 1. The fourth-order valence-corrected chi connectivity index (χ4v) is 7.20. The lowest BCUT2D eigenvalue weighted by Gasteiger charge is -2.35. The van der Waals surface area contributed by atoms with Crippen molar-refractivity contribution in [1.29, 1.82) is 0 Å². The molecule has 3 aromatic carbocycles. The van der Waals surface area contributed by atoms with E-state index in [0.29, 0.717) is 47.2 Å². The Morgan fingerprint density at radius 2 is 1.74 bits per heavy atom. The Labute approximate surface area is 276 Å². The monoisotopic (exact) mass is 648 g/mol. The van der Waals surface area contributed by atoms with Crippen LogP contribution in [0.4, 0.5) is 10.1 Å². The number of hydrogen-bond donors (Lipinski definition) is 1. The van der Waals surface area contributed by atoms with Crippen LogP contribution in [0.15, 0.2) is 54.6 Å². The number of halogens is 1. The largest absolute Gasteiger partial charge is 0.496 e. The van der Waals surface area contributed by atoms with Crippen molar-refractivity contribution in [2.24, 2.45) is 5.92 Å². The second-order valence-corrected chi connectivity index (χ2v) is 12.4. The van der Waals surface area contributed by atoms with Crippen LogP contribution in [0.3, 0.4) is 0 Å². The Kier molecular flexibility index (Phi) is 10.9. The molecule has 9 nitrogen and oxygen atoms in total. The van der Waals surface area contributed by atoms with E-state index >= 15 is 0 Å².